The van der Waals surface area contributed by atoms with E-state index in [1.54, 1.807) is 29.2 Å². The molecular formula is C29H29FN2O5. The maximum atomic E-state index is 13.7. The molecule has 1 aliphatic carbocycles. The summed E-state index contributed by atoms with van der Waals surface area (Å²) >= 11 is 0. The van der Waals surface area contributed by atoms with Crippen molar-refractivity contribution in [3.05, 3.63) is 88.6 Å². The van der Waals surface area contributed by atoms with Crippen LogP contribution in [0.2, 0.25) is 0 Å². The first kappa shape index (κ1) is 23.7. The van der Waals surface area contributed by atoms with Gasteiger partial charge >= 0.3 is 0 Å². The molecular weight excluding hydrogens is 475 g/mol. The molecule has 1 saturated heterocycles. The van der Waals surface area contributed by atoms with Crippen molar-refractivity contribution in [3.63, 3.8) is 0 Å². The summed E-state index contributed by atoms with van der Waals surface area (Å²) in [7, 11) is 0. The predicted octanol–water partition coefficient (Wildman–Crippen LogP) is 4.35. The summed E-state index contributed by atoms with van der Waals surface area (Å²) in [5, 5.41) is 0. The Morgan fingerprint density at radius 3 is 2.51 bits per heavy atom. The minimum atomic E-state index is -0.304. The van der Waals surface area contributed by atoms with Crippen molar-refractivity contribution in [1.29, 1.82) is 0 Å². The number of ether oxygens (including phenoxy) is 2. The van der Waals surface area contributed by atoms with E-state index in [0.29, 0.717) is 44.4 Å². The van der Waals surface area contributed by atoms with Crippen molar-refractivity contribution in [2.24, 2.45) is 5.92 Å². The van der Waals surface area contributed by atoms with Crippen LogP contribution in [0, 0.1) is 11.7 Å². The van der Waals surface area contributed by atoms with E-state index in [0.717, 1.165) is 36.0 Å². The van der Waals surface area contributed by atoms with Gasteiger partial charge in [0.2, 0.25) is 5.91 Å². The Balaban J connectivity index is 1.21. The summed E-state index contributed by atoms with van der Waals surface area (Å²) in [4.78, 5) is 29.5. The van der Waals surface area contributed by atoms with Crippen LogP contribution in [0.1, 0.15) is 51.9 Å². The molecule has 0 bridgehead atoms. The van der Waals surface area contributed by atoms with Gasteiger partial charge < -0.3 is 23.7 Å². The van der Waals surface area contributed by atoms with Gasteiger partial charge in [-0.1, -0.05) is 18.2 Å². The molecule has 1 unspecified atom stereocenters. The van der Waals surface area contributed by atoms with E-state index in [-0.39, 0.29) is 42.0 Å². The second kappa shape index (κ2) is 10.0. The zero-order valence-electron chi connectivity index (χ0n) is 20.5. The van der Waals surface area contributed by atoms with Crippen molar-refractivity contribution in [2.45, 2.75) is 31.9 Å². The average Bonchev–Trinajstić information content (AvgIpc) is 3.68. The molecule has 192 valence electrons. The molecule has 3 aromatic rings. The fourth-order valence-electron chi connectivity index (χ4n) is 5.14. The van der Waals surface area contributed by atoms with Crippen molar-refractivity contribution in [2.75, 3.05) is 32.8 Å². The minimum absolute atomic E-state index is 0.0947. The molecule has 1 atom stereocenters. The smallest absolute Gasteiger partial charge is 0.289 e. The largest absolute Gasteiger partial charge is 0.486 e. The van der Waals surface area contributed by atoms with Crippen molar-refractivity contribution in [1.82, 2.24) is 9.80 Å². The lowest BCUT2D eigenvalue weighted by molar-refractivity contribution is -0.134. The third-order valence-electron chi connectivity index (χ3n) is 7.29. The monoisotopic (exact) mass is 504 g/mol. The van der Waals surface area contributed by atoms with E-state index in [1.807, 2.05) is 23.1 Å². The van der Waals surface area contributed by atoms with Gasteiger partial charge in [0, 0.05) is 25.6 Å². The number of halogens is 1. The van der Waals surface area contributed by atoms with E-state index < -0.39 is 0 Å². The number of furan rings is 1. The highest BCUT2D eigenvalue weighted by Crippen LogP contribution is 2.41. The SMILES string of the molecule is O=C(c1ccc(COc2ccc3c(c2)C(c2ccc(F)cc2)N(C(=O)C2CC2)CC3)o1)N1CCOCC1. The first-order valence-corrected chi connectivity index (χ1v) is 12.8. The molecule has 2 amide bonds. The number of hydrogen-bond acceptors (Lipinski definition) is 5. The fraction of sp³-hybridized carbons (Fsp3) is 0.379. The van der Waals surface area contributed by atoms with Crippen molar-refractivity contribution in [3.8, 4) is 5.75 Å². The molecule has 7 nitrogen and oxygen atoms in total. The summed E-state index contributed by atoms with van der Waals surface area (Å²) in [6.45, 7) is 2.97. The lowest BCUT2D eigenvalue weighted by Gasteiger charge is -2.38. The average molecular weight is 505 g/mol. The number of nitrogens with zero attached hydrogens (tertiary/aromatic N) is 2. The van der Waals surface area contributed by atoms with E-state index in [9.17, 15) is 14.0 Å². The number of morpholine rings is 1. The molecule has 6 rings (SSSR count). The number of rotatable bonds is 6. The second-order valence-corrected chi connectivity index (χ2v) is 9.83. The second-order valence-electron chi connectivity index (χ2n) is 9.83. The normalized spacial score (nSPS) is 19.4. The van der Waals surface area contributed by atoms with E-state index in [4.69, 9.17) is 13.9 Å². The highest BCUT2D eigenvalue weighted by atomic mass is 19.1. The topological polar surface area (TPSA) is 72.2 Å². The van der Waals surface area contributed by atoms with Crippen LogP contribution in [0.15, 0.2) is 59.0 Å². The lowest BCUT2D eigenvalue weighted by atomic mass is 9.87. The lowest BCUT2D eigenvalue weighted by Crippen LogP contribution is -2.41. The van der Waals surface area contributed by atoms with Crippen LogP contribution in [-0.4, -0.2) is 54.5 Å². The maximum Gasteiger partial charge on any atom is 0.289 e. The molecule has 0 N–H and O–H groups in total. The Morgan fingerprint density at radius 1 is 0.973 bits per heavy atom. The summed E-state index contributed by atoms with van der Waals surface area (Å²) < 4.78 is 30.8. The Labute approximate surface area is 214 Å². The van der Waals surface area contributed by atoms with Gasteiger partial charge in [0.25, 0.3) is 5.91 Å². The third kappa shape index (κ3) is 4.98. The molecule has 2 aliphatic heterocycles. The van der Waals surface area contributed by atoms with Crippen LogP contribution in [0.3, 0.4) is 0 Å². The Hall–Kier alpha value is -3.65. The van der Waals surface area contributed by atoms with Gasteiger partial charge in [-0.2, -0.15) is 0 Å². The Morgan fingerprint density at radius 2 is 1.76 bits per heavy atom. The molecule has 1 saturated carbocycles. The fourth-order valence-corrected chi connectivity index (χ4v) is 5.14. The van der Waals surface area contributed by atoms with Gasteiger partial charge in [-0.25, -0.2) is 4.39 Å². The van der Waals surface area contributed by atoms with Crippen molar-refractivity contribution < 1.29 is 27.9 Å². The molecule has 1 aromatic heterocycles. The quantitative estimate of drug-likeness (QED) is 0.499. The highest BCUT2D eigenvalue weighted by molar-refractivity contribution is 5.91. The molecule has 0 spiro atoms. The minimum Gasteiger partial charge on any atom is -0.486 e. The number of benzene rings is 2. The van der Waals surface area contributed by atoms with Gasteiger partial charge in [-0.15, -0.1) is 0 Å². The Bertz CT molecular complexity index is 1290. The van der Waals surface area contributed by atoms with Crippen LogP contribution in [0.25, 0.3) is 0 Å². The summed E-state index contributed by atoms with van der Waals surface area (Å²) in [6, 6.07) is 15.5. The number of amides is 2. The molecule has 3 heterocycles. The first-order valence-electron chi connectivity index (χ1n) is 12.8. The van der Waals surface area contributed by atoms with Crippen LogP contribution in [0.4, 0.5) is 4.39 Å². The molecule has 37 heavy (non-hydrogen) atoms. The van der Waals surface area contributed by atoms with Gasteiger partial charge in [-0.3, -0.25) is 9.59 Å². The Kier molecular flexibility index (Phi) is 6.42. The van der Waals surface area contributed by atoms with Crippen LogP contribution in [0.5, 0.6) is 5.75 Å². The molecule has 2 fully saturated rings. The zero-order chi connectivity index (χ0) is 25.4. The van der Waals surface area contributed by atoms with Crippen molar-refractivity contribution >= 4 is 11.8 Å². The molecule has 3 aliphatic rings. The number of carbonyl (C=O) groups is 2. The predicted molar refractivity (Wildman–Crippen MR) is 133 cm³/mol. The third-order valence-corrected chi connectivity index (χ3v) is 7.29. The van der Waals surface area contributed by atoms with Gasteiger partial charge in [0.15, 0.2) is 5.76 Å². The van der Waals surface area contributed by atoms with Gasteiger partial charge in [0.05, 0.1) is 19.3 Å². The van der Waals surface area contributed by atoms with Gasteiger partial charge in [-0.05, 0) is 72.4 Å². The molecule has 0 radical (unpaired) electrons. The molecule has 2 aromatic carbocycles. The van der Waals surface area contributed by atoms with Crippen LogP contribution < -0.4 is 4.74 Å². The van der Waals surface area contributed by atoms with E-state index in [2.05, 4.69) is 0 Å². The van der Waals surface area contributed by atoms with Gasteiger partial charge in [0.1, 0.15) is 23.9 Å². The summed E-state index contributed by atoms with van der Waals surface area (Å²) in [6.07, 6.45) is 2.62. The number of hydrogen-bond donors (Lipinski definition) is 0. The van der Waals surface area contributed by atoms with E-state index >= 15 is 0 Å². The molecule has 8 heteroatoms. The summed E-state index contributed by atoms with van der Waals surface area (Å²) in [5.74, 6) is 1.29. The zero-order valence-corrected chi connectivity index (χ0v) is 20.5. The van der Waals surface area contributed by atoms with E-state index in [1.165, 1.54) is 12.1 Å². The highest BCUT2D eigenvalue weighted by Gasteiger charge is 2.39. The number of carbonyl (C=O) groups excluding carboxylic acids is 2. The first-order chi connectivity index (χ1) is 18.1. The van der Waals surface area contributed by atoms with Crippen LogP contribution >= 0.6 is 0 Å². The summed E-state index contributed by atoms with van der Waals surface area (Å²) in [5.41, 5.74) is 3.02. The standard InChI is InChI=1S/C29H29FN2O5/c30-22-6-3-20(4-7-22)27-25-17-23(8-5-19(25)11-12-32(27)28(33)21-1-2-21)36-18-24-9-10-26(37-24)29(34)31-13-15-35-16-14-31/h3-10,17,21,27H,1-2,11-16,18H2. The van der Waals surface area contributed by atoms with Crippen LogP contribution in [-0.2, 0) is 22.6 Å². The maximum absolute atomic E-state index is 13.7. The number of fused-ring (bicyclic) bond motifs is 1.